The molecule has 0 unspecified atom stereocenters. The maximum atomic E-state index is 4.67. The van der Waals surface area contributed by atoms with Crippen molar-refractivity contribution in [3.05, 3.63) is 0 Å². The van der Waals surface area contributed by atoms with E-state index in [4.69, 9.17) is 0 Å². The third kappa shape index (κ3) is 10.7. The van der Waals surface area contributed by atoms with Gasteiger partial charge in [-0.05, 0) is 33.7 Å². The Kier molecular flexibility index (Phi) is 15.5. The van der Waals surface area contributed by atoms with Crippen molar-refractivity contribution in [2.24, 2.45) is 10.9 Å². The molecule has 0 aliphatic carbocycles. The topological polar surface area (TPSA) is 39.7 Å². The lowest BCUT2D eigenvalue weighted by molar-refractivity contribution is 0.278. The molecule has 2 N–H and O–H groups in total. The highest BCUT2D eigenvalue weighted by molar-refractivity contribution is 14.0. The van der Waals surface area contributed by atoms with Gasteiger partial charge in [0.2, 0.25) is 0 Å². The molecule has 0 aromatic rings. The van der Waals surface area contributed by atoms with Crippen molar-refractivity contribution in [1.82, 2.24) is 15.5 Å². The van der Waals surface area contributed by atoms with E-state index in [9.17, 15) is 0 Å². The van der Waals surface area contributed by atoms with Crippen LogP contribution in [0.25, 0.3) is 0 Å². The smallest absolute Gasteiger partial charge is 0.191 e. The Labute approximate surface area is 143 Å². The summed E-state index contributed by atoms with van der Waals surface area (Å²) in [5, 5.41) is 6.72. The van der Waals surface area contributed by atoms with Gasteiger partial charge in [0.1, 0.15) is 0 Å². The fraction of sp³-hybridized carbons (Fsp3) is 0.933. The summed E-state index contributed by atoms with van der Waals surface area (Å²) in [6.07, 6.45) is 2.41. The van der Waals surface area contributed by atoms with Gasteiger partial charge in [-0.15, -0.1) is 24.0 Å². The lowest BCUT2D eigenvalue weighted by atomic mass is 10.0. The molecule has 0 amide bonds. The van der Waals surface area contributed by atoms with Gasteiger partial charge >= 0.3 is 0 Å². The molecule has 0 spiro atoms. The summed E-state index contributed by atoms with van der Waals surface area (Å²) >= 11 is 0. The van der Waals surface area contributed by atoms with Crippen LogP contribution in [0.15, 0.2) is 4.99 Å². The maximum Gasteiger partial charge on any atom is 0.191 e. The molecule has 0 saturated heterocycles. The van der Waals surface area contributed by atoms with E-state index in [2.05, 4.69) is 62.2 Å². The molecule has 0 saturated carbocycles. The molecule has 0 aromatic heterocycles. The average Bonchev–Trinajstić information content (AvgIpc) is 2.39. The highest BCUT2D eigenvalue weighted by Gasteiger charge is 2.05. The van der Waals surface area contributed by atoms with Gasteiger partial charge in [0.15, 0.2) is 5.96 Å². The number of nitrogens with one attached hydrogen (secondary N) is 2. The van der Waals surface area contributed by atoms with Gasteiger partial charge in [0, 0.05) is 32.2 Å². The van der Waals surface area contributed by atoms with Crippen LogP contribution in [0.5, 0.6) is 0 Å². The van der Waals surface area contributed by atoms with Crippen LogP contribution in [0.3, 0.4) is 0 Å². The molecular formula is C15H35IN4. The molecule has 0 fully saturated rings. The molecule has 0 radical (unpaired) electrons. The number of guanidine groups is 1. The van der Waals surface area contributed by atoms with E-state index in [1.165, 1.54) is 12.8 Å². The van der Waals surface area contributed by atoms with E-state index in [0.717, 1.165) is 32.1 Å². The molecule has 5 heteroatoms. The third-order valence-corrected chi connectivity index (χ3v) is 3.65. The van der Waals surface area contributed by atoms with Gasteiger partial charge in [0.05, 0.1) is 0 Å². The molecule has 0 atom stereocenters. The van der Waals surface area contributed by atoms with Crippen molar-refractivity contribution >= 4 is 29.9 Å². The second-order valence-electron chi connectivity index (χ2n) is 5.40. The molecule has 0 aliphatic heterocycles. The summed E-state index contributed by atoms with van der Waals surface area (Å²) in [6, 6.07) is 0.589. The molecule has 20 heavy (non-hydrogen) atoms. The Hall–Kier alpha value is -0.0400. The zero-order valence-electron chi connectivity index (χ0n) is 14.2. The number of hydrogen-bond donors (Lipinski definition) is 2. The van der Waals surface area contributed by atoms with Crippen molar-refractivity contribution in [1.29, 1.82) is 0 Å². The number of rotatable bonds is 9. The fourth-order valence-corrected chi connectivity index (χ4v) is 1.72. The normalized spacial score (nSPS) is 11.9. The minimum atomic E-state index is 0. The summed E-state index contributed by atoms with van der Waals surface area (Å²) < 4.78 is 0. The van der Waals surface area contributed by atoms with E-state index in [1.807, 2.05) is 0 Å². The Morgan fingerprint density at radius 2 is 1.70 bits per heavy atom. The fourth-order valence-electron chi connectivity index (χ4n) is 1.72. The minimum Gasteiger partial charge on any atom is -0.357 e. The van der Waals surface area contributed by atoms with Crippen LogP contribution in [-0.4, -0.2) is 50.1 Å². The molecule has 0 heterocycles. The molecule has 0 bridgehead atoms. The second-order valence-corrected chi connectivity index (χ2v) is 5.40. The molecule has 0 rings (SSSR count). The quantitative estimate of drug-likeness (QED) is 0.357. The van der Waals surface area contributed by atoms with E-state index in [0.29, 0.717) is 12.0 Å². The largest absolute Gasteiger partial charge is 0.357 e. The zero-order valence-corrected chi connectivity index (χ0v) is 16.5. The standard InChI is InChI=1S/C15H34N4.HI/c1-7-14(8-2)12-18-15(16-9-3)17-10-11-19(6)13(4)5;/h13-14H,7-12H2,1-6H3,(H2,16,17,18);1H. The van der Waals surface area contributed by atoms with Crippen LogP contribution in [0.2, 0.25) is 0 Å². The van der Waals surface area contributed by atoms with Gasteiger partial charge in [-0.1, -0.05) is 26.7 Å². The number of likely N-dealkylation sites (N-methyl/N-ethyl adjacent to an activating group) is 1. The van der Waals surface area contributed by atoms with Gasteiger partial charge in [-0.25, -0.2) is 0 Å². The number of hydrogen-bond acceptors (Lipinski definition) is 2. The van der Waals surface area contributed by atoms with Gasteiger partial charge in [-0.2, -0.15) is 0 Å². The average molecular weight is 398 g/mol. The summed E-state index contributed by atoms with van der Waals surface area (Å²) in [7, 11) is 2.15. The summed E-state index contributed by atoms with van der Waals surface area (Å²) in [4.78, 5) is 7.00. The highest BCUT2D eigenvalue weighted by atomic mass is 127. The van der Waals surface area contributed by atoms with Crippen LogP contribution in [0, 0.1) is 5.92 Å². The number of nitrogens with zero attached hydrogens (tertiary/aromatic N) is 2. The molecule has 4 nitrogen and oxygen atoms in total. The first-order chi connectivity index (χ1) is 9.04. The predicted molar refractivity (Wildman–Crippen MR) is 101 cm³/mol. The number of aliphatic imine (C=N–C) groups is 1. The Morgan fingerprint density at radius 1 is 1.10 bits per heavy atom. The van der Waals surface area contributed by atoms with Crippen molar-refractivity contribution in [2.45, 2.75) is 53.5 Å². The van der Waals surface area contributed by atoms with Crippen LogP contribution < -0.4 is 10.6 Å². The Bertz CT molecular complexity index is 240. The van der Waals surface area contributed by atoms with E-state index < -0.39 is 0 Å². The van der Waals surface area contributed by atoms with Gasteiger partial charge in [-0.3, -0.25) is 4.99 Å². The predicted octanol–water partition coefficient (Wildman–Crippen LogP) is 2.94. The summed E-state index contributed by atoms with van der Waals surface area (Å²) in [6.45, 7) is 14.8. The SMILES string of the molecule is CCNC(=NCC(CC)CC)NCCN(C)C(C)C.I. The van der Waals surface area contributed by atoms with E-state index >= 15 is 0 Å². The van der Waals surface area contributed by atoms with Crippen LogP contribution in [0.4, 0.5) is 0 Å². The first kappa shape index (κ1) is 22.2. The molecule has 0 aromatic carbocycles. The first-order valence-electron chi connectivity index (χ1n) is 7.77. The van der Waals surface area contributed by atoms with Crippen molar-refractivity contribution < 1.29 is 0 Å². The van der Waals surface area contributed by atoms with Crippen LogP contribution in [-0.2, 0) is 0 Å². The van der Waals surface area contributed by atoms with Crippen LogP contribution in [0.1, 0.15) is 47.5 Å². The Morgan fingerprint density at radius 3 is 2.15 bits per heavy atom. The Balaban J connectivity index is 0. The van der Waals surface area contributed by atoms with Crippen molar-refractivity contribution in [2.75, 3.05) is 33.2 Å². The van der Waals surface area contributed by atoms with Gasteiger partial charge < -0.3 is 15.5 Å². The summed E-state index contributed by atoms with van der Waals surface area (Å²) in [5.74, 6) is 1.65. The minimum absolute atomic E-state index is 0. The van der Waals surface area contributed by atoms with Crippen molar-refractivity contribution in [3.63, 3.8) is 0 Å². The third-order valence-electron chi connectivity index (χ3n) is 3.65. The lowest BCUT2D eigenvalue weighted by Gasteiger charge is -2.22. The van der Waals surface area contributed by atoms with Gasteiger partial charge in [0.25, 0.3) is 0 Å². The zero-order chi connectivity index (χ0) is 14.7. The maximum absolute atomic E-state index is 4.67. The highest BCUT2D eigenvalue weighted by Crippen LogP contribution is 2.06. The lowest BCUT2D eigenvalue weighted by Crippen LogP contribution is -2.42. The van der Waals surface area contributed by atoms with E-state index in [1.54, 1.807) is 0 Å². The first-order valence-corrected chi connectivity index (χ1v) is 7.77. The molecular weight excluding hydrogens is 363 g/mol. The molecule has 122 valence electrons. The number of halogens is 1. The van der Waals surface area contributed by atoms with E-state index in [-0.39, 0.29) is 24.0 Å². The summed E-state index contributed by atoms with van der Waals surface area (Å²) in [5.41, 5.74) is 0. The second kappa shape index (κ2) is 13.9. The van der Waals surface area contributed by atoms with Crippen LogP contribution >= 0.6 is 24.0 Å². The molecule has 0 aliphatic rings. The monoisotopic (exact) mass is 398 g/mol. The van der Waals surface area contributed by atoms with Crippen molar-refractivity contribution in [3.8, 4) is 0 Å².